The molecule has 0 bridgehead atoms. The second-order valence-electron chi connectivity index (χ2n) is 8.01. The Kier molecular flexibility index (Phi) is 4.70. The summed E-state index contributed by atoms with van der Waals surface area (Å²) in [7, 11) is 1.66. The Bertz CT molecular complexity index is 822. The molecular weight excluding hydrogens is 326 g/mol. The monoisotopic (exact) mass is 353 g/mol. The first-order chi connectivity index (χ1) is 12.2. The SMILES string of the molecule is COc1cc2c(cc1-c1ccc(C(C)C)cc1)CC(C)(C)C2OC(N)=O. The van der Waals surface area contributed by atoms with Crippen LogP contribution >= 0.6 is 0 Å². The van der Waals surface area contributed by atoms with Gasteiger partial charge in [-0.2, -0.15) is 0 Å². The normalized spacial score (nSPS) is 17.8. The molecular formula is C22H27NO3. The molecule has 2 aromatic rings. The summed E-state index contributed by atoms with van der Waals surface area (Å²) in [5.74, 6) is 1.27. The molecule has 1 atom stereocenters. The summed E-state index contributed by atoms with van der Waals surface area (Å²) in [6.07, 6.45) is -0.286. The molecule has 0 heterocycles. The molecule has 4 nitrogen and oxygen atoms in total. The predicted octanol–water partition coefficient (Wildman–Crippen LogP) is 5.20. The number of fused-ring (bicyclic) bond motifs is 1. The zero-order chi connectivity index (χ0) is 19.1. The molecule has 1 amide bonds. The van der Waals surface area contributed by atoms with Crippen molar-refractivity contribution in [2.24, 2.45) is 11.1 Å². The maximum absolute atomic E-state index is 11.4. The van der Waals surface area contributed by atoms with Crippen LogP contribution in [0.1, 0.15) is 56.4 Å². The molecule has 0 fully saturated rings. The highest BCUT2D eigenvalue weighted by Gasteiger charge is 2.42. The van der Waals surface area contributed by atoms with E-state index >= 15 is 0 Å². The van der Waals surface area contributed by atoms with Gasteiger partial charge in [-0.15, -0.1) is 0 Å². The van der Waals surface area contributed by atoms with Crippen molar-refractivity contribution in [1.29, 1.82) is 0 Å². The smallest absolute Gasteiger partial charge is 0.405 e. The Labute approximate surface area is 155 Å². The van der Waals surface area contributed by atoms with Crippen molar-refractivity contribution in [3.63, 3.8) is 0 Å². The van der Waals surface area contributed by atoms with Gasteiger partial charge in [0.15, 0.2) is 0 Å². The van der Waals surface area contributed by atoms with Gasteiger partial charge in [-0.1, -0.05) is 52.0 Å². The second-order valence-corrected chi connectivity index (χ2v) is 8.01. The van der Waals surface area contributed by atoms with E-state index in [1.807, 2.05) is 6.07 Å². The third-order valence-corrected chi connectivity index (χ3v) is 5.22. The summed E-state index contributed by atoms with van der Waals surface area (Å²) in [4.78, 5) is 11.4. The number of ether oxygens (including phenoxy) is 2. The number of carbonyl (C=O) groups excluding carboxylic acids is 1. The number of nitrogens with two attached hydrogens (primary N) is 1. The van der Waals surface area contributed by atoms with E-state index in [4.69, 9.17) is 15.2 Å². The fraction of sp³-hybridized carbons (Fsp3) is 0.409. The van der Waals surface area contributed by atoms with Gasteiger partial charge >= 0.3 is 6.09 Å². The molecule has 4 heteroatoms. The minimum Gasteiger partial charge on any atom is -0.496 e. The van der Waals surface area contributed by atoms with E-state index in [9.17, 15) is 4.79 Å². The lowest BCUT2D eigenvalue weighted by Crippen LogP contribution is -2.25. The maximum Gasteiger partial charge on any atom is 0.405 e. The lowest BCUT2D eigenvalue weighted by Gasteiger charge is -2.26. The Morgan fingerprint density at radius 3 is 2.38 bits per heavy atom. The minimum atomic E-state index is -0.747. The van der Waals surface area contributed by atoms with E-state index in [1.165, 1.54) is 11.1 Å². The molecule has 0 aromatic heterocycles. The largest absolute Gasteiger partial charge is 0.496 e. The Morgan fingerprint density at radius 2 is 1.85 bits per heavy atom. The molecule has 1 aliphatic carbocycles. The number of hydrogen-bond donors (Lipinski definition) is 1. The van der Waals surface area contributed by atoms with Crippen LogP contribution in [0, 0.1) is 5.41 Å². The van der Waals surface area contributed by atoms with Crippen LogP contribution in [-0.4, -0.2) is 13.2 Å². The van der Waals surface area contributed by atoms with E-state index in [2.05, 4.69) is 58.0 Å². The Morgan fingerprint density at radius 1 is 1.19 bits per heavy atom. The molecule has 1 unspecified atom stereocenters. The fourth-order valence-electron chi connectivity index (χ4n) is 3.82. The molecule has 2 N–H and O–H groups in total. The molecule has 0 saturated carbocycles. The molecule has 26 heavy (non-hydrogen) atoms. The van der Waals surface area contributed by atoms with Crippen LogP contribution in [0.25, 0.3) is 11.1 Å². The number of hydrogen-bond acceptors (Lipinski definition) is 3. The van der Waals surface area contributed by atoms with Crippen molar-refractivity contribution in [3.05, 3.63) is 53.1 Å². The van der Waals surface area contributed by atoms with Crippen molar-refractivity contribution < 1.29 is 14.3 Å². The van der Waals surface area contributed by atoms with Crippen molar-refractivity contribution in [2.45, 2.75) is 46.1 Å². The van der Waals surface area contributed by atoms with Crippen LogP contribution in [0.4, 0.5) is 4.79 Å². The van der Waals surface area contributed by atoms with E-state index in [-0.39, 0.29) is 11.5 Å². The maximum atomic E-state index is 11.4. The highest BCUT2D eigenvalue weighted by Crippen LogP contribution is 2.50. The fourth-order valence-corrected chi connectivity index (χ4v) is 3.82. The summed E-state index contributed by atoms with van der Waals surface area (Å²) < 4.78 is 11.1. The van der Waals surface area contributed by atoms with Crippen molar-refractivity contribution in [2.75, 3.05) is 7.11 Å². The first kappa shape index (κ1) is 18.3. The van der Waals surface area contributed by atoms with Gasteiger partial charge in [-0.25, -0.2) is 4.79 Å². The average molecular weight is 353 g/mol. The summed E-state index contributed by atoms with van der Waals surface area (Å²) >= 11 is 0. The highest BCUT2D eigenvalue weighted by atomic mass is 16.6. The molecule has 138 valence electrons. The lowest BCUT2D eigenvalue weighted by molar-refractivity contribution is 0.0391. The summed E-state index contributed by atoms with van der Waals surface area (Å²) in [5, 5.41) is 0. The van der Waals surface area contributed by atoms with Crippen LogP contribution in [-0.2, 0) is 11.2 Å². The molecule has 0 saturated heterocycles. The van der Waals surface area contributed by atoms with Crippen LogP contribution in [0.3, 0.4) is 0 Å². The molecule has 0 radical (unpaired) electrons. The topological polar surface area (TPSA) is 61.6 Å². The van der Waals surface area contributed by atoms with Crippen molar-refractivity contribution >= 4 is 6.09 Å². The first-order valence-electron chi connectivity index (χ1n) is 9.00. The lowest BCUT2D eigenvalue weighted by atomic mass is 9.87. The Balaban J connectivity index is 2.06. The van der Waals surface area contributed by atoms with Gasteiger partial charge < -0.3 is 15.2 Å². The van der Waals surface area contributed by atoms with Gasteiger partial charge in [0, 0.05) is 11.0 Å². The van der Waals surface area contributed by atoms with Gasteiger partial charge in [0.25, 0.3) is 0 Å². The molecule has 0 spiro atoms. The average Bonchev–Trinajstić information content (AvgIpc) is 2.82. The van der Waals surface area contributed by atoms with E-state index in [0.717, 1.165) is 28.9 Å². The first-order valence-corrected chi connectivity index (χ1v) is 9.00. The van der Waals surface area contributed by atoms with Gasteiger partial charge in [-0.05, 0) is 46.7 Å². The van der Waals surface area contributed by atoms with Crippen LogP contribution in [0.2, 0.25) is 0 Å². The van der Waals surface area contributed by atoms with E-state index in [1.54, 1.807) is 7.11 Å². The quantitative estimate of drug-likeness (QED) is 0.821. The number of primary amides is 1. The van der Waals surface area contributed by atoms with Crippen molar-refractivity contribution in [3.8, 4) is 16.9 Å². The second kappa shape index (κ2) is 6.67. The van der Waals surface area contributed by atoms with Gasteiger partial charge in [-0.3, -0.25) is 0 Å². The third kappa shape index (κ3) is 3.28. The van der Waals surface area contributed by atoms with Gasteiger partial charge in [0.1, 0.15) is 11.9 Å². The summed E-state index contributed by atoms with van der Waals surface area (Å²) in [6, 6.07) is 12.7. The van der Waals surface area contributed by atoms with E-state index in [0.29, 0.717) is 5.92 Å². The van der Waals surface area contributed by atoms with Crippen LogP contribution in [0.15, 0.2) is 36.4 Å². The highest BCUT2D eigenvalue weighted by molar-refractivity contribution is 5.73. The number of rotatable bonds is 4. The standard InChI is InChI=1S/C22H27NO3/c1-13(2)14-6-8-15(9-7-14)17-10-16-12-22(3,4)20(26-21(23)24)18(16)11-19(17)25-5/h6-11,13,20H,12H2,1-5H3,(H2,23,24). The third-order valence-electron chi connectivity index (χ3n) is 5.22. The molecule has 3 rings (SSSR count). The number of methoxy groups -OCH3 is 1. The minimum absolute atomic E-state index is 0.206. The number of carbonyl (C=O) groups is 1. The van der Waals surface area contributed by atoms with Gasteiger partial charge in [0.2, 0.25) is 0 Å². The number of amides is 1. The summed E-state index contributed by atoms with van der Waals surface area (Å²) in [6.45, 7) is 8.55. The molecule has 0 aliphatic heterocycles. The van der Waals surface area contributed by atoms with Gasteiger partial charge in [0.05, 0.1) is 7.11 Å². The van der Waals surface area contributed by atoms with Crippen LogP contribution < -0.4 is 10.5 Å². The summed E-state index contributed by atoms with van der Waals surface area (Å²) in [5.41, 5.74) is 10.7. The zero-order valence-electron chi connectivity index (χ0n) is 16.1. The van der Waals surface area contributed by atoms with E-state index < -0.39 is 6.09 Å². The zero-order valence-corrected chi connectivity index (χ0v) is 16.1. The Hall–Kier alpha value is -2.49. The van der Waals surface area contributed by atoms with Crippen LogP contribution in [0.5, 0.6) is 5.75 Å². The number of benzene rings is 2. The van der Waals surface area contributed by atoms with Crippen molar-refractivity contribution in [1.82, 2.24) is 0 Å². The predicted molar refractivity (Wildman–Crippen MR) is 103 cm³/mol. The molecule has 2 aromatic carbocycles. The molecule has 1 aliphatic rings.